The van der Waals surface area contributed by atoms with E-state index in [1.807, 2.05) is 6.92 Å². The van der Waals surface area contributed by atoms with Crippen molar-refractivity contribution in [2.45, 2.75) is 43.7 Å². The van der Waals surface area contributed by atoms with Crippen LogP contribution in [0.3, 0.4) is 0 Å². The lowest BCUT2D eigenvalue weighted by molar-refractivity contribution is -0.142. The van der Waals surface area contributed by atoms with E-state index in [1.54, 1.807) is 31.2 Å². The van der Waals surface area contributed by atoms with Crippen molar-refractivity contribution in [2.75, 3.05) is 20.2 Å². The molecular weight excluding hydrogens is 316 g/mol. The molecule has 0 spiro atoms. The van der Waals surface area contributed by atoms with Gasteiger partial charge < -0.3 is 10.1 Å². The van der Waals surface area contributed by atoms with Crippen LogP contribution in [-0.2, 0) is 19.6 Å². The Morgan fingerprint density at radius 3 is 2.35 bits per heavy atom. The van der Waals surface area contributed by atoms with Crippen LogP contribution in [-0.4, -0.2) is 51.0 Å². The molecule has 23 heavy (non-hydrogen) atoms. The number of benzene rings is 1. The van der Waals surface area contributed by atoms with Crippen molar-refractivity contribution in [1.29, 1.82) is 0 Å². The molecule has 0 amide bonds. The molecule has 128 valence electrons. The van der Waals surface area contributed by atoms with E-state index in [9.17, 15) is 13.2 Å². The van der Waals surface area contributed by atoms with Gasteiger partial charge in [-0.15, -0.1) is 0 Å². The third-order valence-electron chi connectivity index (χ3n) is 4.15. The number of carbonyl (C=O) groups is 1. The van der Waals surface area contributed by atoms with Crippen LogP contribution in [0.25, 0.3) is 0 Å². The Morgan fingerprint density at radius 1 is 1.26 bits per heavy atom. The van der Waals surface area contributed by atoms with Crippen molar-refractivity contribution in [3.05, 3.63) is 29.8 Å². The highest BCUT2D eigenvalue weighted by Crippen LogP contribution is 2.21. The van der Waals surface area contributed by atoms with E-state index in [-0.39, 0.29) is 18.1 Å². The molecule has 1 aromatic carbocycles. The summed E-state index contributed by atoms with van der Waals surface area (Å²) in [6.45, 7) is 4.57. The minimum atomic E-state index is -3.44. The molecule has 1 aromatic rings. The fraction of sp³-hybridized carbons (Fsp3) is 0.562. The fourth-order valence-electron chi connectivity index (χ4n) is 2.72. The van der Waals surface area contributed by atoms with Crippen LogP contribution >= 0.6 is 0 Å². The van der Waals surface area contributed by atoms with Gasteiger partial charge in [0.15, 0.2) is 0 Å². The molecule has 1 atom stereocenters. The van der Waals surface area contributed by atoms with Gasteiger partial charge in [-0.1, -0.05) is 17.7 Å². The predicted molar refractivity (Wildman–Crippen MR) is 87.6 cm³/mol. The van der Waals surface area contributed by atoms with Gasteiger partial charge in [-0.05, 0) is 38.8 Å². The lowest BCUT2D eigenvalue weighted by Gasteiger charge is -2.32. The minimum absolute atomic E-state index is 0.119. The highest BCUT2D eigenvalue weighted by Gasteiger charge is 2.30. The van der Waals surface area contributed by atoms with Crippen LogP contribution in [0.15, 0.2) is 29.2 Å². The highest BCUT2D eigenvalue weighted by atomic mass is 32.2. The molecule has 1 N–H and O–H groups in total. The molecule has 0 aliphatic carbocycles. The van der Waals surface area contributed by atoms with Gasteiger partial charge in [0.05, 0.1) is 12.0 Å². The Labute approximate surface area is 137 Å². The molecule has 0 aromatic heterocycles. The Morgan fingerprint density at radius 2 is 1.83 bits per heavy atom. The van der Waals surface area contributed by atoms with Crippen LogP contribution in [0.5, 0.6) is 0 Å². The number of esters is 1. The van der Waals surface area contributed by atoms with E-state index in [4.69, 9.17) is 0 Å². The van der Waals surface area contributed by atoms with E-state index in [0.717, 1.165) is 5.56 Å². The zero-order valence-electron chi connectivity index (χ0n) is 13.8. The standard InChI is InChI=1S/C16H24N2O4S/c1-12-4-6-15(7-5-12)23(20,21)18-10-8-14(9-11-18)17-13(2)16(19)22-3/h4-7,13-14,17H,8-11H2,1-3H3. The van der Waals surface area contributed by atoms with Crippen molar-refractivity contribution in [2.24, 2.45) is 0 Å². The first-order valence-corrected chi connectivity index (χ1v) is 9.19. The van der Waals surface area contributed by atoms with E-state index in [0.29, 0.717) is 30.8 Å². The first kappa shape index (κ1) is 17.9. The smallest absolute Gasteiger partial charge is 0.322 e. The average molecular weight is 340 g/mol. The summed E-state index contributed by atoms with van der Waals surface area (Å²) in [6.07, 6.45) is 1.35. The van der Waals surface area contributed by atoms with E-state index >= 15 is 0 Å². The van der Waals surface area contributed by atoms with Gasteiger partial charge in [0.25, 0.3) is 0 Å². The number of rotatable bonds is 5. The second kappa shape index (κ2) is 7.42. The molecule has 7 heteroatoms. The maximum Gasteiger partial charge on any atom is 0.322 e. The first-order chi connectivity index (χ1) is 10.8. The van der Waals surface area contributed by atoms with Gasteiger partial charge >= 0.3 is 5.97 Å². The van der Waals surface area contributed by atoms with Crippen LogP contribution < -0.4 is 5.32 Å². The number of hydrogen-bond acceptors (Lipinski definition) is 5. The molecule has 0 radical (unpaired) electrons. The normalized spacial score (nSPS) is 18.6. The molecule has 1 aliphatic heterocycles. The molecule has 0 bridgehead atoms. The maximum absolute atomic E-state index is 12.6. The summed E-state index contributed by atoms with van der Waals surface area (Å²) in [6, 6.07) is 6.64. The Kier molecular flexibility index (Phi) is 5.78. The lowest BCUT2D eigenvalue weighted by atomic mass is 10.1. The predicted octanol–water partition coefficient (Wildman–Crippen LogP) is 1.30. The van der Waals surface area contributed by atoms with Gasteiger partial charge in [-0.3, -0.25) is 4.79 Å². The fourth-order valence-corrected chi connectivity index (χ4v) is 4.19. The SMILES string of the molecule is COC(=O)C(C)NC1CCN(S(=O)(=O)c2ccc(C)cc2)CC1. The third-order valence-corrected chi connectivity index (χ3v) is 6.07. The quantitative estimate of drug-likeness (QED) is 0.818. The number of methoxy groups -OCH3 is 1. The van der Waals surface area contributed by atoms with Crippen molar-refractivity contribution in [3.8, 4) is 0 Å². The number of piperidine rings is 1. The summed E-state index contributed by atoms with van der Waals surface area (Å²) in [5, 5.41) is 3.19. The summed E-state index contributed by atoms with van der Waals surface area (Å²) in [4.78, 5) is 11.8. The Bertz CT molecular complexity index is 635. The summed E-state index contributed by atoms with van der Waals surface area (Å²) in [5.74, 6) is -0.306. The molecule has 6 nitrogen and oxygen atoms in total. The van der Waals surface area contributed by atoms with E-state index in [2.05, 4.69) is 10.1 Å². The molecule has 1 heterocycles. The van der Waals surface area contributed by atoms with Crippen LogP contribution in [0.4, 0.5) is 0 Å². The number of hydrogen-bond donors (Lipinski definition) is 1. The molecule has 2 rings (SSSR count). The van der Waals surface area contributed by atoms with Gasteiger partial charge in [-0.25, -0.2) is 8.42 Å². The molecular formula is C16H24N2O4S. The second-order valence-electron chi connectivity index (χ2n) is 5.90. The highest BCUT2D eigenvalue weighted by molar-refractivity contribution is 7.89. The average Bonchev–Trinajstić information content (AvgIpc) is 2.55. The monoisotopic (exact) mass is 340 g/mol. The maximum atomic E-state index is 12.6. The van der Waals surface area contributed by atoms with Crippen molar-refractivity contribution in [3.63, 3.8) is 0 Å². The number of carbonyl (C=O) groups excluding carboxylic acids is 1. The van der Waals surface area contributed by atoms with Crippen LogP contribution in [0.2, 0.25) is 0 Å². The Balaban J connectivity index is 1.96. The largest absolute Gasteiger partial charge is 0.468 e. The zero-order chi connectivity index (χ0) is 17.0. The number of nitrogens with one attached hydrogen (secondary N) is 1. The topological polar surface area (TPSA) is 75.7 Å². The van der Waals surface area contributed by atoms with Crippen LogP contribution in [0, 0.1) is 6.92 Å². The number of nitrogens with zero attached hydrogens (tertiary/aromatic N) is 1. The summed E-state index contributed by atoms with van der Waals surface area (Å²) < 4.78 is 31.4. The van der Waals surface area contributed by atoms with E-state index in [1.165, 1.54) is 11.4 Å². The minimum Gasteiger partial charge on any atom is -0.468 e. The van der Waals surface area contributed by atoms with Crippen molar-refractivity contribution < 1.29 is 17.9 Å². The van der Waals surface area contributed by atoms with Gasteiger partial charge in [-0.2, -0.15) is 4.31 Å². The Hall–Kier alpha value is -1.44. The zero-order valence-corrected chi connectivity index (χ0v) is 14.6. The van der Waals surface area contributed by atoms with Crippen molar-refractivity contribution >= 4 is 16.0 Å². The van der Waals surface area contributed by atoms with Gasteiger partial charge in [0.2, 0.25) is 10.0 Å². The summed E-state index contributed by atoms with van der Waals surface area (Å²) in [5.41, 5.74) is 1.03. The molecule has 1 aliphatic rings. The summed E-state index contributed by atoms with van der Waals surface area (Å²) in [7, 11) is -2.08. The van der Waals surface area contributed by atoms with E-state index < -0.39 is 10.0 Å². The molecule has 1 saturated heterocycles. The summed E-state index contributed by atoms with van der Waals surface area (Å²) >= 11 is 0. The number of sulfonamides is 1. The number of aryl methyl sites for hydroxylation is 1. The lowest BCUT2D eigenvalue weighted by Crippen LogP contribution is -2.49. The third kappa shape index (κ3) is 4.31. The van der Waals surface area contributed by atoms with Crippen LogP contribution in [0.1, 0.15) is 25.3 Å². The van der Waals surface area contributed by atoms with Gasteiger partial charge in [0.1, 0.15) is 6.04 Å². The van der Waals surface area contributed by atoms with Gasteiger partial charge in [0, 0.05) is 19.1 Å². The second-order valence-corrected chi connectivity index (χ2v) is 7.84. The number of ether oxygens (including phenoxy) is 1. The van der Waals surface area contributed by atoms with Crippen molar-refractivity contribution in [1.82, 2.24) is 9.62 Å². The molecule has 1 unspecified atom stereocenters. The molecule has 1 fully saturated rings. The molecule has 0 saturated carbocycles. The first-order valence-electron chi connectivity index (χ1n) is 7.75.